The van der Waals surface area contributed by atoms with E-state index in [4.69, 9.17) is 5.73 Å². The van der Waals surface area contributed by atoms with Gasteiger partial charge in [0.2, 0.25) is 0 Å². The van der Waals surface area contributed by atoms with Gasteiger partial charge >= 0.3 is 6.18 Å². The third-order valence-electron chi connectivity index (χ3n) is 3.77. The van der Waals surface area contributed by atoms with E-state index in [1.165, 1.54) is 12.8 Å². The average molecular weight is 252 g/mol. The van der Waals surface area contributed by atoms with E-state index < -0.39 is 12.6 Å². The summed E-state index contributed by atoms with van der Waals surface area (Å²) < 4.78 is 36.3. The molecule has 0 radical (unpaired) electrons. The monoisotopic (exact) mass is 252 g/mol. The zero-order valence-corrected chi connectivity index (χ0v) is 10.7. The van der Waals surface area contributed by atoms with Gasteiger partial charge in [0.05, 0.1) is 0 Å². The summed E-state index contributed by atoms with van der Waals surface area (Å²) in [5, 5.41) is 0. The van der Waals surface area contributed by atoms with Gasteiger partial charge in [0, 0.05) is 25.0 Å². The molecule has 0 bridgehead atoms. The van der Waals surface area contributed by atoms with Gasteiger partial charge in [-0.1, -0.05) is 0 Å². The molecule has 0 heterocycles. The third-order valence-corrected chi connectivity index (χ3v) is 3.77. The van der Waals surface area contributed by atoms with E-state index in [1.54, 1.807) is 0 Å². The molecule has 1 saturated carbocycles. The smallest absolute Gasteiger partial charge is 0.329 e. The summed E-state index contributed by atoms with van der Waals surface area (Å²) in [7, 11) is 1.97. The quantitative estimate of drug-likeness (QED) is 0.755. The number of hydrogen-bond acceptors (Lipinski definition) is 2. The summed E-state index contributed by atoms with van der Waals surface area (Å²) in [4.78, 5) is 2.14. The molecule has 17 heavy (non-hydrogen) atoms. The molecule has 0 amide bonds. The molecule has 1 rings (SSSR count). The van der Waals surface area contributed by atoms with Gasteiger partial charge in [-0.15, -0.1) is 0 Å². The lowest BCUT2D eigenvalue weighted by molar-refractivity contribution is -0.136. The van der Waals surface area contributed by atoms with Crippen LogP contribution in [0.1, 0.15) is 39.0 Å². The highest BCUT2D eigenvalue weighted by molar-refractivity contribution is 4.89. The minimum absolute atomic E-state index is 0.159. The van der Waals surface area contributed by atoms with E-state index in [-0.39, 0.29) is 12.0 Å². The molecule has 1 aliphatic carbocycles. The van der Waals surface area contributed by atoms with Crippen molar-refractivity contribution in [3.63, 3.8) is 0 Å². The van der Waals surface area contributed by atoms with Crippen LogP contribution in [0.2, 0.25) is 0 Å². The van der Waals surface area contributed by atoms with Crippen LogP contribution in [-0.4, -0.2) is 36.8 Å². The average Bonchev–Trinajstić information content (AvgIpc) is 2.99. The Hall–Kier alpha value is -0.290. The minimum Gasteiger partial charge on any atom is -0.329 e. The maximum absolute atomic E-state index is 12.1. The lowest BCUT2D eigenvalue weighted by atomic mass is 9.92. The van der Waals surface area contributed by atoms with Gasteiger partial charge in [-0.3, -0.25) is 4.90 Å². The topological polar surface area (TPSA) is 29.3 Å². The number of nitrogens with zero attached hydrogens (tertiary/aromatic N) is 1. The first-order chi connectivity index (χ1) is 7.77. The Morgan fingerprint density at radius 2 is 1.82 bits per heavy atom. The normalized spacial score (nSPS) is 20.6. The summed E-state index contributed by atoms with van der Waals surface area (Å²) in [6, 6.07) is 0. The second-order valence-corrected chi connectivity index (χ2v) is 5.49. The fraction of sp³-hybridized carbons (Fsp3) is 1.00. The van der Waals surface area contributed by atoms with Crippen LogP contribution in [0.25, 0.3) is 0 Å². The molecule has 1 fully saturated rings. The fourth-order valence-electron chi connectivity index (χ4n) is 2.03. The van der Waals surface area contributed by atoms with Crippen LogP contribution in [0.4, 0.5) is 13.2 Å². The van der Waals surface area contributed by atoms with Gasteiger partial charge in [-0.2, -0.15) is 13.2 Å². The van der Waals surface area contributed by atoms with Crippen LogP contribution >= 0.6 is 0 Å². The summed E-state index contributed by atoms with van der Waals surface area (Å²) in [5.74, 6) is 0.730. The molecular formula is C12H23F3N2. The number of halogens is 3. The fourth-order valence-corrected chi connectivity index (χ4v) is 2.03. The SMILES string of the molecule is CN(CC1CC1)C(C)(CN)CCCC(F)(F)F. The van der Waals surface area contributed by atoms with Gasteiger partial charge in [0.1, 0.15) is 0 Å². The molecule has 2 N–H and O–H groups in total. The van der Waals surface area contributed by atoms with Crippen molar-refractivity contribution in [1.82, 2.24) is 4.90 Å². The van der Waals surface area contributed by atoms with Crippen molar-refractivity contribution in [2.45, 2.75) is 50.7 Å². The Morgan fingerprint density at radius 1 is 1.24 bits per heavy atom. The van der Waals surface area contributed by atoms with Crippen molar-refractivity contribution in [2.75, 3.05) is 20.1 Å². The van der Waals surface area contributed by atoms with Crippen molar-refractivity contribution >= 4 is 0 Å². The molecule has 1 unspecified atom stereocenters. The highest BCUT2D eigenvalue weighted by atomic mass is 19.4. The van der Waals surface area contributed by atoms with Crippen LogP contribution in [0.5, 0.6) is 0 Å². The van der Waals surface area contributed by atoms with Crippen molar-refractivity contribution in [1.29, 1.82) is 0 Å². The first kappa shape index (κ1) is 14.8. The Bertz CT molecular complexity index is 238. The third kappa shape index (κ3) is 5.25. The van der Waals surface area contributed by atoms with Gasteiger partial charge in [-0.25, -0.2) is 0 Å². The zero-order chi connectivity index (χ0) is 13.1. The molecular weight excluding hydrogens is 229 g/mol. The largest absolute Gasteiger partial charge is 0.389 e. The predicted molar refractivity (Wildman–Crippen MR) is 62.7 cm³/mol. The maximum Gasteiger partial charge on any atom is 0.389 e. The van der Waals surface area contributed by atoms with Crippen molar-refractivity contribution in [3.05, 3.63) is 0 Å². The molecule has 2 nitrogen and oxygen atoms in total. The standard InChI is InChI=1S/C12H23F3N2/c1-11(9-16,6-3-7-12(13,14)15)17(2)8-10-4-5-10/h10H,3-9,16H2,1-2H3. The number of rotatable bonds is 7. The second kappa shape index (κ2) is 5.57. The summed E-state index contributed by atoms with van der Waals surface area (Å²) in [6.45, 7) is 3.33. The Kier molecular flexibility index (Phi) is 4.84. The Morgan fingerprint density at radius 3 is 2.24 bits per heavy atom. The minimum atomic E-state index is -4.05. The molecule has 0 spiro atoms. The number of nitrogens with two attached hydrogens (primary N) is 1. The zero-order valence-electron chi connectivity index (χ0n) is 10.7. The van der Waals surface area contributed by atoms with Crippen LogP contribution in [0.3, 0.4) is 0 Å². The first-order valence-corrected chi connectivity index (χ1v) is 6.25. The van der Waals surface area contributed by atoms with Crippen LogP contribution in [0, 0.1) is 5.92 Å². The summed E-state index contributed by atoms with van der Waals surface area (Å²) in [6.07, 6.45) is -1.61. The van der Waals surface area contributed by atoms with Gasteiger partial charge in [0.25, 0.3) is 0 Å². The molecule has 5 heteroatoms. The molecule has 0 aromatic rings. The molecule has 0 aliphatic heterocycles. The second-order valence-electron chi connectivity index (χ2n) is 5.49. The Labute approximate surface area is 101 Å². The molecule has 1 atom stereocenters. The van der Waals surface area contributed by atoms with Gasteiger partial charge < -0.3 is 5.73 Å². The van der Waals surface area contributed by atoms with E-state index in [0.717, 1.165) is 12.5 Å². The van der Waals surface area contributed by atoms with Gasteiger partial charge in [0.15, 0.2) is 0 Å². The highest BCUT2D eigenvalue weighted by Gasteiger charge is 2.34. The molecule has 0 aromatic carbocycles. The number of hydrogen-bond donors (Lipinski definition) is 1. The van der Waals surface area contributed by atoms with Crippen molar-refractivity contribution < 1.29 is 13.2 Å². The number of alkyl halides is 3. The summed E-state index contributed by atoms with van der Waals surface area (Å²) in [5.41, 5.74) is 5.43. The van der Waals surface area contributed by atoms with E-state index in [1.807, 2.05) is 14.0 Å². The van der Waals surface area contributed by atoms with E-state index >= 15 is 0 Å². The first-order valence-electron chi connectivity index (χ1n) is 6.25. The van der Waals surface area contributed by atoms with E-state index in [9.17, 15) is 13.2 Å². The number of likely N-dealkylation sites (N-methyl/N-ethyl adjacent to an activating group) is 1. The molecule has 0 saturated heterocycles. The van der Waals surface area contributed by atoms with Crippen molar-refractivity contribution in [3.8, 4) is 0 Å². The van der Waals surface area contributed by atoms with E-state index in [2.05, 4.69) is 4.90 Å². The lowest BCUT2D eigenvalue weighted by Gasteiger charge is -2.38. The Balaban J connectivity index is 2.37. The predicted octanol–water partition coefficient (Wildman–Crippen LogP) is 2.78. The molecule has 1 aliphatic rings. The van der Waals surface area contributed by atoms with Crippen LogP contribution < -0.4 is 5.73 Å². The van der Waals surface area contributed by atoms with Crippen LogP contribution in [0.15, 0.2) is 0 Å². The summed E-state index contributed by atoms with van der Waals surface area (Å²) >= 11 is 0. The molecule has 0 aromatic heterocycles. The van der Waals surface area contributed by atoms with Crippen molar-refractivity contribution in [2.24, 2.45) is 11.7 Å². The van der Waals surface area contributed by atoms with Crippen LogP contribution in [-0.2, 0) is 0 Å². The van der Waals surface area contributed by atoms with E-state index in [0.29, 0.717) is 13.0 Å². The maximum atomic E-state index is 12.1. The van der Waals surface area contributed by atoms with Gasteiger partial charge in [-0.05, 0) is 45.6 Å². The lowest BCUT2D eigenvalue weighted by Crippen LogP contribution is -2.50. The highest BCUT2D eigenvalue weighted by Crippen LogP contribution is 2.33. The molecule has 102 valence electrons.